The van der Waals surface area contributed by atoms with Crippen LogP contribution in [-0.4, -0.2) is 191 Å². The van der Waals surface area contributed by atoms with Crippen molar-refractivity contribution in [2.75, 3.05) is 50.9 Å². The van der Waals surface area contributed by atoms with Gasteiger partial charge in [0.1, 0.15) is 40.7 Å². The largest absolute Gasteiger partial charge is 0.481 e. The molecule has 128 heavy (non-hydrogen) atoms. The van der Waals surface area contributed by atoms with E-state index in [4.69, 9.17) is 37.9 Å². The van der Waals surface area contributed by atoms with Crippen molar-refractivity contribution in [1.29, 1.82) is 0 Å². The SMILES string of the molecule is CCCCCCCCCCCCCCCCC(=O)OCC(CSC[C@H](NC(=O)OC(C)(C)C)C(=O)C[C@@H](COC(C)(C)C)C(=O)N[C@@H](CCCCNC(=O)OC(C)(C)C)C(=O)C[C@@H](CCCCNC(=O)OC(C)(C)C)C(=O)N[C@@H](CCCCNC(=O)OC(C)(C)C)C(=O)C[C@@H](CCCCNC(=O)OC(C)(C)C)C(=O)O)OC(=O)CCCCCCCCCCCCCCC. The van der Waals surface area contributed by atoms with Crippen LogP contribution in [0.5, 0.6) is 0 Å². The van der Waals surface area contributed by atoms with Gasteiger partial charge in [0, 0.05) is 75.7 Å². The zero-order valence-electron chi connectivity index (χ0n) is 83.2. The van der Waals surface area contributed by atoms with E-state index in [0.29, 0.717) is 32.1 Å². The number of alkyl carbamates (subject to hydrolysis) is 5. The van der Waals surface area contributed by atoms with Gasteiger partial charge in [-0.05, 0) is 202 Å². The van der Waals surface area contributed by atoms with E-state index in [-0.39, 0.29) is 122 Å². The van der Waals surface area contributed by atoms with Crippen LogP contribution < -0.4 is 37.2 Å². The van der Waals surface area contributed by atoms with Crippen molar-refractivity contribution in [2.24, 2.45) is 17.8 Å². The molecule has 0 aliphatic heterocycles. The highest BCUT2D eigenvalue weighted by atomic mass is 32.2. The Bertz CT molecular complexity index is 3130. The number of rotatable bonds is 73. The van der Waals surface area contributed by atoms with Gasteiger partial charge in [0.15, 0.2) is 17.3 Å². The van der Waals surface area contributed by atoms with Crippen molar-refractivity contribution in [2.45, 2.75) is 479 Å². The normalized spacial score (nSPS) is 13.7. The van der Waals surface area contributed by atoms with E-state index >= 15 is 19.2 Å². The summed E-state index contributed by atoms with van der Waals surface area (Å²) in [6.45, 7) is 35.2. The maximum atomic E-state index is 15.4. The summed E-state index contributed by atoms with van der Waals surface area (Å²) < 4.78 is 45.4. The lowest BCUT2D eigenvalue weighted by molar-refractivity contribution is -0.157. The summed E-state index contributed by atoms with van der Waals surface area (Å²) in [4.78, 5) is 180. The molecule has 0 fully saturated rings. The number of hydrogen-bond donors (Lipinski definition) is 8. The first-order valence-electron chi connectivity index (χ1n) is 48.9. The number of thioether (sulfide) groups is 1. The van der Waals surface area contributed by atoms with Crippen molar-refractivity contribution in [3.05, 3.63) is 0 Å². The number of ether oxygens (including phenoxy) is 8. The number of carboxylic acids is 1. The number of aliphatic carboxylic acids is 1. The average molecular weight is 1840 g/mol. The van der Waals surface area contributed by atoms with Crippen molar-refractivity contribution < 1.29 is 105 Å². The smallest absolute Gasteiger partial charge is 0.408 e. The lowest BCUT2D eigenvalue weighted by Gasteiger charge is -2.28. The van der Waals surface area contributed by atoms with E-state index in [2.05, 4.69) is 51.1 Å². The Hall–Kier alpha value is -6.98. The molecule has 0 radical (unpaired) electrons. The molecule has 0 heterocycles. The van der Waals surface area contributed by atoms with Crippen LogP contribution in [0.3, 0.4) is 0 Å². The summed E-state index contributed by atoms with van der Waals surface area (Å²) in [5, 5.41) is 29.8. The lowest BCUT2D eigenvalue weighted by atomic mass is 9.89. The Morgan fingerprint density at radius 2 is 0.594 bits per heavy atom. The van der Waals surface area contributed by atoms with Crippen molar-refractivity contribution in [3.63, 3.8) is 0 Å². The van der Waals surface area contributed by atoms with E-state index in [1.54, 1.807) is 125 Å². The number of carboxylic acid groups (broad SMARTS) is 1. The molecule has 30 heteroatoms. The Morgan fingerprint density at radius 3 is 0.938 bits per heavy atom. The summed E-state index contributed by atoms with van der Waals surface area (Å²) in [5.74, 6) is -9.38. The van der Waals surface area contributed by atoms with Crippen molar-refractivity contribution in [3.8, 4) is 0 Å². The molecule has 0 aromatic rings. The number of esters is 2. The van der Waals surface area contributed by atoms with Crippen LogP contribution in [-0.2, 0) is 76.3 Å². The molecule has 29 nitrogen and oxygen atoms in total. The van der Waals surface area contributed by atoms with E-state index in [0.717, 1.165) is 63.1 Å². The molecule has 7 amide bonds. The minimum absolute atomic E-state index is 0.00214. The summed E-state index contributed by atoms with van der Waals surface area (Å²) in [6, 6.07) is -4.00. The van der Waals surface area contributed by atoms with Crippen LogP contribution in [0.15, 0.2) is 0 Å². The molecule has 0 saturated carbocycles. The second-order valence-corrected chi connectivity index (χ2v) is 41.6. The van der Waals surface area contributed by atoms with Gasteiger partial charge >= 0.3 is 48.4 Å². The van der Waals surface area contributed by atoms with Crippen LogP contribution in [0.25, 0.3) is 0 Å². The molecule has 8 N–H and O–H groups in total. The number of Topliss-reactive ketones (excluding diaryl/α,β-unsaturated/α-hetero) is 3. The number of hydrogen-bond acceptors (Lipinski definition) is 22. The molecule has 744 valence electrons. The quantitative estimate of drug-likeness (QED) is 0.0159. The minimum Gasteiger partial charge on any atom is -0.481 e. The van der Waals surface area contributed by atoms with Gasteiger partial charge in [0.2, 0.25) is 11.8 Å². The molecule has 0 rings (SSSR count). The molecule has 0 aromatic carbocycles. The minimum atomic E-state index is -1.37. The van der Waals surface area contributed by atoms with Gasteiger partial charge in [0.25, 0.3) is 0 Å². The molecule has 0 aliphatic rings. The van der Waals surface area contributed by atoms with Crippen LogP contribution in [0, 0.1) is 17.8 Å². The number of amides is 7. The predicted octanol–water partition coefficient (Wildman–Crippen LogP) is 20.8. The first-order valence-corrected chi connectivity index (χ1v) is 50.0. The second kappa shape index (κ2) is 69.0. The standard InChI is InChI=1S/C98H179N7O22S/c1-21-23-25-27-29-31-33-35-37-38-40-42-44-46-60-83(109)120-70-76(122-84(110)61-47-45-43-41-39-36-34-32-30-28-26-24-22-2)71-128-72-79(105-92(119)127-98(18,19)20)82(108)68-75(69-121-93(3,4)5)86(112)104-77(58-50-54-64-101-90(117)125-96(12,13)14)80(106)66-73(56-48-52-62-99-88(115)123-94(6,7)8)85(111)103-78(59-51-55-65-102-91(118)126-97(15,16)17)81(107)67-74(87(113)114)57-49-53-63-100-89(116)124-95(9,10)11/h73-79H,21-72H2,1-20H3,(H,99,115)(H,100,116)(H,101,117)(H,102,118)(H,103,111)(H,104,112)(H,105,119)(H,113,114)/t73-,74-,75+,76?,77+,78+,79+/m1/s1. The van der Waals surface area contributed by atoms with Gasteiger partial charge in [0.05, 0.1) is 42.2 Å². The van der Waals surface area contributed by atoms with Crippen LogP contribution in [0.1, 0.15) is 421 Å². The Labute approximate surface area is 775 Å². The molecule has 0 spiro atoms. The molecular formula is C98H179N7O22S. The summed E-state index contributed by atoms with van der Waals surface area (Å²) >= 11 is 1.16. The number of carbonyl (C=O) groups excluding carboxylic acids is 12. The van der Waals surface area contributed by atoms with Gasteiger partial charge in [-0.15, -0.1) is 0 Å². The van der Waals surface area contributed by atoms with Gasteiger partial charge in [-0.2, -0.15) is 11.8 Å². The molecule has 0 bridgehead atoms. The third-order valence-corrected chi connectivity index (χ3v) is 21.8. The molecule has 0 aromatic heterocycles. The lowest BCUT2D eigenvalue weighted by Crippen LogP contribution is -2.49. The zero-order chi connectivity index (χ0) is 96.6. The first kappa shape index (κ1) is 121. The van der Waals surface area contributed by atoms with E-state index in [1.165, 1.54) is 109 Å². The fraction of sp³-hybridized carbons (Fsp3) is 0.867. The van der Waals surface area contributed by atoms with Gasteiger partial charge < -0.3 is 80.2 Å². The maximum Gasteiger partial charge on any atom is 0.408 e. The number of ketones is 3. The summed E-state index contributed by atoms with van der Waals surface area (Å²) in [7, 11) is 0. The highest BCUT2D eigenvalue weighted by Crippen LogP contribution is 2.26. The molecule has 0 aliphatic carbocycles. The Balaban J connectivity index is 7.67. The third-order valence-electron chi connectivity index (χ3n) is 20.6. The van der Waals surface area contributed by atoms with Crippen molar-refractivity contribution >= 4 is 89.3 Å². The second-order valence-electron chi connectivity index (χ2n) is 40.6. The fourth-order valence-corrected chi connectivity index (χ4v) is 15.0. The topological polar surface area (TPSA) is 400 Å². The number of unbranched alkanes of at least 4 members (excludes halogenated alkanes) is 29. The zero-order valence-corrected chi connectivity index (χ0v) is 84.1. The average Bonchev–Trinajstić information content (AvgIpc) is 0.853. The van der Waals surface area contributed by atoms with E-state index in [1.807, 2.05) is 0 Å². The van der Waals surface area contributed by atoms with E-state index < -0.39 is 172 Å². The fourth-order valence-electron chi connectivity index (χ4n) is 13.9. The summed E-state index contributed by atoms with van der Waals surface area (Å²) in [6.07, 6.45) is 27.5. The van der Waals surface area contributed by atoms with E-state index in [9.17, 15) is 48.3 Å². The summed E-state index contributed by atoms with van der Waals surface area (Å²) in [5.41, 5.74) is -5.04. The molecule has 1 unspecified atom stereocenters. The highest BCUT2D eigenvalue weighted by molar-refractivity contribution is 7.99. The van der Waals surface area contributed by atoms with Crippen molar-refractivity contribution in [1.82, 2.24) is 37.2 Å². The maximum absolute atomic E-state index is 15.4. The molecule has 0 saturated heterocycles. The molecular weight excluding hydrogens is 1660 g/mol. The van der Waals surface area contributed by atoms with Crippen LogP contribution in [0.4, 0.5) is 24.0 Å². The predicted molar refractivity (Wildman–Crippen MR) is 505 cm³/mol. The third kappa shape index (κ3) is 73.7. The molecule has 7 atom stereocenters. The Kier molecular flexibility index (Phi) is 65.2. The van der Waals surface area contributed by atoms with Crippen LogP contribution >= 0.6 is 11.8 Å². The monoisotopic (exact) mass is 1840 g/mol. The highest BCUT2D eigenvalue weighted by Gasteiger charge is 2.37. The first-order chi connectivity index (χ1) is 60.0. The van der Waals surface area contributed by atoms with Gasteiger partial charge in [-0.3, -0.25) is 38.4 Å². The Morgan fingerprint density at radius 1 is 0.297 bits per heavy atom. The van der Waals surface area contributed by atoms with Gasteiger partial charge in [-0.1, -0.05) is 187 Å². The number of carbonyl (C=O) groups is 13. The number of nitrogens with one attached hydrogen (secondary N) is 7. The van der Waals surface area contributed by atoms with Gasteiger partial charge in [-0.25, -0.2) is 24.0 Å². The van der Waals surface area contributed by atoms with Crippen LogP contribution in [0.2, 0.25) is 0 Å².